The van der Waals surface area contributed by atoms with E-state index in [0.29, 0.717) is 11.4 Å². The predicted octanol–water partition coefficient (Wildman–Crippen LogP) is -0.246. The zero-order valence-corrected chi connectivity index (χ0v) is 11.8. The van der Waals surface area contributed by atoms with Crippen molar-refractivity contribution in [1.29, 1.82) is 0 Å². The molecule has 2 heterocycles. The van der Waals surface area contributed by atoms with Crippen LogP contribution in [0.2, 0.25) is 0 Å². The number of anilines is 2. The van der Waals surface area contributed by atoms with Gasteiger partial charge in [0.1, 0.15) is 12.9 Å². The maximum Gasteiger partial charge on any atom is 0.353 e. The minimum absolute atomic E-state index is 0.0258. The first kappa shape index (κ1) is 14.3. The lowest BCUT2D eigenvalue weighted by molar-refractivity contribution is 0.102. The monoisotopic (exact) mass is 309 g/mol. The Balaban J connectivity index is 1.99. The molecule has 114 valence electrons. The molecule has 0 radical (unpaired) electrons. The maximum absolute atomic E-state index is 12.3. The summed E-state index contributed by atoms with van der Waals surface area (Å²) in [5.74, 6) is 1.74. The molecule has 3 aromatic rings. The van der Waals surface area contributed by atoms with E-state index in [1.54, 1.807) is 24.3 Å². The number of hydrogen-bond acceptors (Lipinski definition) is 6. The highest BCUT2D eigenvalue weighted by Crippen LogP contribution is 2.18. The summed E-state index contributed by atoms with van der Waals surface area (Å²) >= 11 is 0. The van der Waals surface area contributed by atoms with Gasteiger partial charge in [0, 0.05) is 0 Å². The molecule has 1 aromatic carbocycles. The second-order valence-electron chi connectivity index (χ2n) is 4.56. The van der Waals surface area contributed by atoms with Gasteiger partial charge in [-0.3, -0.25) is 4.79 Å². The third kappa shape index (κ3) is 2.49. The van der Waals surface area contributed by atoms with Gasteiger partial charge in [-0.2, -0.15) is 4.68 Å². The number of terminal acetylenes is 1. The van der Waals surface area contributed by atoms with Crippen LogP contribution >= 0.6 is 0 Å². The Morgan fingerprint density at radius 1 is 1.39 bits per heavy atom. The molecule has 2 aromatic heterocycles. The Labute approximate surface area is 129 Å². The number of para-hydroxylation sites is 2. The molecule has 9 heteroatoms. The van der Waals surface area contributed by atoms with Gasteiger partial charge in [-0.1, -0.05) is 23.3 Å². The minimum atomic E-state index is -0.547. The third-order valence-electron chi connectivity index (χ3n) is 3.08. The van der Waals surface area contributed by atoms with Crippen molar-refractivity contribution in [2.24, 2.45) is 0 Å². The fourth-order valence-electron chi connectivity index (χ4n) is 1.97. The van der Waals surface area contributed by atoms with E-state index in [4.69, 9.17) is 12.2 Å². The van der Waals surface area contributed by atoms with Gasteiger partial charge >= 0.3 is 5.69 Å². The zero-order chi connectivity index (χ0) is 16.4. The second-order valence-corrected chi connectivity index (χ2v) is 4.56. The number of nitrogens with one attached hydrogen (secondary N) is 1. The molecule has 0 aliphatic heterocycles. The van der Waals surface area contributed by atoms with Crippen molar-refractivity contribution in [1.82, 2.24) is 24.4 Å². The molecule has 1 amide bonds. The number of carbonyl (C=O) groups is 1. The Morgan fingerprint density at radius 3 is 2.91 bits per heavy atom. The summed E-state index contributed by atoms with van der Waals surface area (Å²) in [5.41, 5.74) is 6.09. The van der Waals surface area contributed by atoms with E-state index in [1.807, 2.05) is 0 Å². The first-order chi connectivity index (χ1) is 11.1. The van der Waals surface area contributed by atoms with Gasteiger partial charge in [-0.05, 0) is 12.1 Å². The van der Waals surface area contributed by atoms with Crippen LogP contribution in [0.15, 0.2) is 35.4 Å². The third-order valence-corrected chi connectivity index (χ3v) is 3.08. The average Bonchev–Trinajstić information content (AvgIpc) is 2.97. The first-order valence-corrected chi connectivity index (χ1v) is 6.52. The van der Waals surface area contributed by atoms with Crippen molar-refractivity contribution in [3.63, 3.8) is 0 Å². The molecule has 0 spiro atoms. The number of aromatic nitrogens is 5. The number of nitrogen functional groups attached to an aromatic ring is 1. The number of amides is 1. The summed E-state index contributed by atoms with van der Waals surface area (Å²) < 4.78 is 2.10. The van der Waals surface area contributed by atoms with Crippen molar-refractivity contribution in [3.05, 3.63) is 46.8 Å². The number of hydrogen-bond donors (Lipinski definition) is 2. The average molecular weight is 309 g/mol. The molecule has 0 saturated carbocycles. The van der Waals surface area contributed by atoms with Crippen molar-refractivity contribution < 1.29 is 4.79 Å². The summed E-state index contributed by atoms with van der Waals surface area (Å²) in [6.07, 6.45) is 6.35. The lowest BCUT2D eigenvalue weighted by Crippen LogP contribution is -2.29. The summed E-state index contributed by atoms with van der Waals surface area (Å²) in [4.78, 5) is 28.3. The van der Waals surface area contributed by atoms with Gasteiger partial charge in [-0.15, -0.1) is 11.5 Å². The molecule has 0 atom stereocenters. The fourth-order valence-corrected chi connectivity index (χ4v) is 1.97. The normalized spacial score (nSPS) is 10.4. The van der Waals surface area contributed by atoms with E-state index >= 15 is 0 Å². The van der Waals surface area contributed by atoms with Gasteiger partial charge in [0.2, 0.25) is 0 Å². The van der Waals surface area contributed by atoms with E-state index in [2.05, 4.69) is 26.5 Å². The molecule has 0 aliphatic rings. The number of rotatable bonds is 3. The summed E-state index contributed by atoms with van der Waals surface area (Å²) in [5, 5.41) is 10.1. The highest BCUT2D eigenvalue weighted by atomic mass is 16.2. The second kappa shape index (κ2) is 5.61. The molecule has 0 aliphatic carbocycles. The lowest BCUT2D eigenvalue weighted by Gasteiger charge is -2.06. The van der Waals surface area contributed by atoms with Gasteiger partial charge in [-0.25, -0.2) is 14.2 Å². The van der Waals surface area contributed by atoms with Crippen LogP contribution in [-0.4, -0.2) is 30.3 Å². The molecule has 3 N–H and O–H groups in total. The Bertz CT molecular complexity index is 996. The van der Waals surface area contributed by atoms with Crippen molar-refractivity contribution in [3.8, 4) is 12.3 Å². The van der Waals surface area contributed by atoms with Gasteiger partial charge in [0.05, 0.1) is 11.4 Å². The van der Waals surface area contributed by atoms with Gasteiger partial charge in [0.25, 0.3) is 5.91 Å². The largest absolute Gasteiger partial charge is 0.397 e. The Morgan fingerprint density at radius 2 is 2.17 bits per heavy atom. The van der Waals surface area contributed by atoms with Crippen molar-refractivity contribution in [2.45, 2.75) is 6.54 Å². The quantitative estimate of drug-likeness (QED) is 0.508. The number of carbonyl (C=O) groups excluding carboxylic acids is 1. The van der Waals surface area contributed by atoms with Crippen LogP contribution in [0.25, 0.3) is 5.65 Å². The number of imidazole rings is 1. The Hall–Kier alpha value is -3.67. The van der Waals surface area contributed by atoms with Crippen LogP contribution in [0, 0.1) is 12.3 Å². The predicted molar refractivity (Wildman–Crippen MR) is 82.7 cm³/mol. The lowest BCUT2D eigenvalue weighted by atomic mass is 10.2. The van der Waals surface area contributed by atoms with E-state index in [0.717, 1.165) is 9.08 Å². The Kier molecular flexibility index (Phi) is 3.48. The van der Waals surface area contributed by atoms with Gasteiger partial charge < -0.3 is 11.1 Å². The van der Waals surface area contributed by atoms with E-state index in [9.17, 15) is 9.59 Å². The number of nitrogens with zero attached hydrogens (tertiary/aromatic N) is 5. The molecule has 0 bridgehead atoms. The van der Waals surface area contributed by atoms with Crippen LogP contribution in [-0.2, 0) is 6.54 Å². The standard InChI is InChI=1S/C14H11N7O2/c1-2-7-21-14(23)20-8-16-11(12(20)18-19-21)13(22)17-10-6-4-3-5-9(10)15/h1,3-6,8H,7,15H2,(H,17,22). The number of nitrogens with two attached hydrogens (primary N) is 1. The van der Waals surface area contributed by atoms with E-state index in [-0.39, 0.29) is 17.9 Å². The molecule has 0 unspecified atom stereocenters. The summed E-state index contributed by atoms with van der Waals surface area (Å²) in [7, 11) is 0. The molecular weight excluding hydrogens is 298 g/mol. The topological polar surface area (TPSA) is 120 Å². The first-order valence-electron chi connectivity index (χ1n) is 6.52. The minimum Gasteiger partial charge on any atom is -0.397 e. The summed E-state index contributed by atoms with van der Waals surface area (Å²) in [6, 6.07) is 6.78. The fraction of sp³-hybridized carbons (Fsp3) is 0.0714. The zero-order valence-electron chi connectivity index (χ0n) is 11.8. The SMILES string of the molecule is C#CCn1nnc2c(C(=O)Nc3ccccc3N)ncn2c1=O. The molecule has 3 rings (SSSR count). The maximum atomic E-state index is 12.3. The summed E-state index contributed by atoms with van der Waals surface area (Å²) in [6.45, 7) is -0.0258. The van der Waals surface area contributed by atoms with Crippen LogP contribution in [0.4, 0.5) is 11.4 Å². The van der Waals surface area contributed by atoms with Crippen LogP contribution < -0.4 is 16.7 Å². The van der Waals surface area contributed by atoms with Crippen LogP contribution in [0.5, 0.6) is 0 Å². The smallest absolute Gasteiger partial charge is 0.353 e. The molecule has 0 saturated heterocycles. The molecule has 9 nitrogen and oxygen atoms in total. The van der Waals surface area contributed by atoms with E-state index < -0.39 is 11.6 Å². The molecule has 0 fully saturated rings. The highest BCUT2D eigenvalue weighted by molar-refractivity contribution is 6.07. The van der Waals surface area contributed by atoms with Crippen LogP contribution in [0.1, 0.15) is 10.5 Å². The van der Waals surface area contributed by atoms with Crippen LogP contribution in [0.3, 0.4) is 0 Å². The van der Waals surface area contributed by atoms with Gasteiger partial charge in [0.15, 0.2) is 11.3 Å². The van der Waals surface area contributed by atoms with Crippen molar-refractivity contribution >= 4 is 22.9 Å². The number of benzene rings is 1. The highest BCUT2D eigenvalue weighted by Gasteiger charge is 2.18. The molecular formula is C14H11N7O2. The van der Waals surface area contributed by atoms with E-state index in [1.165, 1.54) is 6.33 Å². The van der Waals surface area contributed by atoms with Crippen molar-refractivity contribution in [2.75, 3.05) is 11.1 Å². The molecule has 23 heavy (non-hydrogen) atoms. The number of fused-ring (bicyclic) bond motifs is 1.